The topological polar surface area (TPSA) is 68.0 Å². The molecule has 3 aromatic heterocycles. The van der Waals surface area contributed by atoms with Gasteiger partial charge in [0.25, 0.3) is 0 Å². The summed E-state index contributed by atoms with van der Waals surface area (Å²) in [7, 11) is 0. The number of hydrogen-bond donors (Lipinski definition) is 1. The third-order valence-electron chi connectivity index (χ3n) is 3.72. The van der Waals surface area contributed by atoms with Crippen LogP contribution in [0.2, 0.25) is 5.02 Å². The monoisotopic (exact) mass is 415 g/mol. The minimum Gasteiger partial charge on any atom is -0.462 e. The van der Waals surface area contributed by atoms with Gasteiger partial charge >= 0.3 is 0 Å². The zero-order chi connectivity index (χ0) is 18.6. The molecule has 0 unspecified atom stereocenters. The van der Waals surface area contributed by atoms with E-state index in [0.717, 1.165) is 21.9 Å². The number of carbonyl (C=O) groups excluding carboxylic acids is 1. The molecule has 4 rings (SSSR count). The maximum atomic E-state index is 12.3. The number of thiazole rings is 2. The highest BCUT2D eigenvalue weighted by Crippen LogP contribution is 2.25. The van der Waals surface area contributed by atoms with Crippen molar-refractivity contribution in [2.24, 2.45) is 0 Å². The Kier molecular flexibility index (Phi) is 5.33. The van der Waals surface area contributed by atoms with Gasteiger partial charge in [-0.1, -0.05) is 23.7 Å². The van der Waals surface area contributed by atoms with Crippen LogP contribution in [0, 0.1) is 0 Å². The molecule has 0 spiro atoms. The third-order valence-corrected chi connectivity index (χ3v) is 5.79. The number of benzene rings is 1. The minimum atomic E-state index is -0.140. The molecule has 0 atom stereocenters. The second-order valence-electron chi connectivity index (χ2n) is 5.78. The second-order valence-corrected chi connectivity index (χ2v) is 8.19. The van der Waals surface area contributed by atoms with Crippen molar-refractivity contribution in [1.29, 1.82) is 0 Å². The van der Waals surface area contributed by atoms with Crippen LogP contribution in [0.3, 0.4) is 0 Å². The maximum absolute atomic E-state index is 12.3. The molecule has 27 heavy (non-hydrogen) atoms. The lowest BCUT2D eigenvalue weighted by molar-refractivity contribution is -0.115. The first-order valence-corrected chi connectivity index (χ1v) is 10.2. The van der Waals surface area contributed by atoms with Crippen molar-refractivity contribution < 1.29 is 9.21 Å². The molecule has 8 heteroatoms. The number of carbonyl (C=O) groups is 1. The molecule has 3 heterocycles. The average molecular weight is 416 g/mol. The molecular weight excluding hydrogens is 402 g/mol. The van der Waals surface area contributed by atoms with Crippen LogP contribution in [0.15, 0.2) is 58.7 Å². The fourth-order valence-electron chi connectivity index (χ4n) is 2.48. The number of aromatic nitrogens is 2. The third kappa shape index (κ3) is 4.63. The van der Waals surface area contributed by atoms with E-state index in [-0.39, 0.29) is 12.3 Å². The van der Waals surface area contributed by atoms with Crippen LogP contribution in [0.25, 0.3) is 10.8 Å². The summed E-state index contributed by atoms with van der Waals surface area (Å²) < 4.78 is 5.32. The van der Waals surface area contributed by atoms with Crippen LogP contribution in [0.1, 0.15) is 16.1 Å². The quantitative estimate of drug-likeness (QED) is 0.465. The van der Waals surface area contributed by atoms with Gasteiger partial charge in [0.1, 0.15) is 0 Å². The number of furan rings is 1. The summed E-state index contributed by atoms with van der Waals surface area (Å²) in [5.41, 5.74) is 1.86. The van der Waals surface area contributed by atoms with Crippen molar-refractivity contribution in [1.82, 2.24) is 9.97 Å². The zero-order valence-corrected chi connectivity index (χ0v) is 16.4. The Bertz CT molecular complexity index is 1040. The smallest absolute Gasteiger partial charge is 0.232 e. The van der Waals surface area contributed by atoms with Gasteiger partial charge in [0, 0.05) is 27.9 Å². The number of halogens is 1. The van der Waals surface area contributed by atoms with Gasteiger partial charge in [-0.25, -0.2) is 9.97 Å². The summed E-state index contributed by atoms with van der Waals surface area (Å²) in [5, 5.41) is 6.77. The predicted octanol–water partition coefficient (Wildman–Crippen LogP) is 5.29. The molecule has 1 amide bonds. The van der Waals surface area contributed by atoms with E-state index >= 15 is 0 Å². The summed E-state index contributed by atoms with van der Waals surface area (Å²) in [6.45, 7) is 0. The number of amides is 1. The van der Waals surface area contributed by atoms with Gasteiger partial charge in [-0.2, -0.15) is 0 Å². The van der Waals surface area contributed by atoms with Gasteiger partial charge in [0.05, 0.1) is 18.4 Å². The first-order valence-electron chi connectivity index (χ1n) is 8.13. The summed E-state index contributed by atoms with van der Waals surface area (Å²) in [4.78, 5) is 22.1. The maximum Gasteiger partial charge on any atom is 0.232 e. The lowest BCUT2D eigenvalue weighted by Gasteiger charge is -1.99. The highest BCUT2D eigenvalue weighted by atomic mass is 35.5. The van der Waals surface area contributed by atoms with Crippen molar-refractivity contribution in [3.05, 3.63) is 75.4 Å². The van der Waals surface area contributed by atoms with E-state index in [1.54, 1.807) is 12.5 Å². The normalized spacial score (nSPS) is 10.9. The van der Waals surface area contributed by atoms with Gasteiger partial charge in [-0.15, -0.1) is 22.7 Å². The highest BCUT2D eigenvalue weighted by molar-refractivity contribution is 7.15. The molecular formula is C19H14ClN3O2S2. The number of nitrogens with one attached hydrogen (secondary N) is 1. The van der Waals surface area contributed by atoms with E-state index < -0.39 is 0 Å². The molecule has 0 aliphatic carbocycles. The molecule has 0 saturated heterocycles. The molecule has 0 fully saturated rings. The highest BCUT2D eigenvalue weighted by Gasteiger charge is 2.12. The molecule has 0 saturated carbocycles. The predicted molar refractivity (Wildman–Crippen MR) is 109 cm³/mol. The van der Waals surface area contributed by atoms with E-state index in [2.05, 4.69) is 15.3 Å². The molecule has 136 valence electrons. The molecule has 0 aliphatic heterocycles. The van der Waals surface area contributed by atoms with E-state index in [0.29, 0.717) is 21.6 Å². The number of hydrogen-bond acceptors (Lipinski definition) is 6. The van der Waals surface area contributed by atoms with E-state index in [1.165, 1.54) is 22.7 Å². The van der Waals surface area contributed by atoms with Gasteiger partial charge in [0.2, 0.25) is 5.91 Å². The lowest BCUT2D eigenvalue weighted by atomic mass is 10.1. The Morgan fingerprint density at radius 1 is 1.22 bits per heavy atom. The van der Waals surface area contributed by atoms with Crippen LogP contribution in [-0.2, 0) is 17.6 Å². The van der Waals surface area contributed by atoms with Crippen LogP contribution >= 0.6 is 34.3 Å². The molecule has 4 aromatic rings. The Morgan fingerprint density at radius 3 is 2.85 bits per heavy atom. The summed E-state index contributed by atoms with van der Waals surface area (Å²) >= 11 is 8.83. The summed E-state index contributed by atoms with van der Waals surface area (Å²) in [6, 6.07) is 11.4. The number of anilines is 1. The molecule has 5 nitrogen and oxygen atoms in total. The Hall–Kier alpha value is -2.48. The van der Waals surface area contributed by atoms with Crippen molar-refractivity contribution >= 4 is 45.3 Å². The Balaban J connectivity index is 1.34. The summed E-state index contributed by atoms with van der Waals surface area (Å²) in [5.74, 6) is 0.567. The van der Waals surface area contributed by atoms with Crippen molar-refractivity contribution in [3.8, 4) is 10.8 Å². The average Bonchev–Trinajstić information content (AvgIpc) is 3.39. The Labute approximate surface area is 168 Å². The van der Waals surface area contributed by atoms with Crippen LogP contribution in [-0.4, -0.2) is 15.9 Å². The first kappa shape index (κ1) is 17.9. The molecule has 1 N–H and O–H groups in total. The van der Waals surface area contributed by atoms with Crippen LogP contribution in [0.4, 0.5) is 5.13 Å². The van der Waals surface area contributed by atoms with Crippen molar-refractivity contribution in [3.63, 3.8) is 0 Å². The number of rotatable bonds is 6. The zero-order valence-electron chi connectivity index (χ0n) is 14.0. The van der Waals surface area contributed by atoms with Gasteiger partial charge in [-0.05, 0) is 29.8 Å². The SMILES string of the molecule is O=C(Cc1csc(-c2ccco2)n1)Nc1ncc(Cc2ccc(Cl)cc2)s1. The van der Waals surface area contributed by atoms with Crippen molar-refractivity contribution in [2.75, 3.05) is 5.32 Å². The fraction of sp³-hybridized carbons (Fsp3) is 0.105. The van der Waals surface area contributed by atoms with E-state index in [9.17, 15) is 4.79 Å². The van der Waals surface area contributed by atoms with Gasteiger partial charge in [-0.3, -0.25) is 4.79 Å². The molecule has 1 aromatic carbocycles. The minimum absolute atomic E-state index is 0.140. The lowest BCUT2D eigenvalue weighted by Crippen LogP contribution is -2.14. The van der Waals surface area contributed by atoms with Crippen LogP contribution in [0.5, 0.6) is 0 Å². The van der Waals surface area contributed by atoms with E-state index in [4.69, 9.17) is 16.0 Å². The van der Waals surface area contributed by atoms with Crippen molar-refractivity contribution in [2.45, 2.75) is 12.8 Å². The first-order chi connectivity index (χ1) is 13.2. The number of nitrogens with zero attached hydrogens (tertiary/aromatic N) is 2. The van der Waals surface area contributed by atoms with Gasteiger partial charge in [0.15, 0.2) is 15.9 Å². The standard InChI is InChI=1S/C19H14ClN3O2S2/c20-13-5-3-12(4-6-13)8-15-10-21-19(27-15)23-17(24)9-14-11-26-18(22-14)16-2-1-7-25-16/h1-7,10-11H,8-9H2,(H,21,23,24). The van der Waals surface area contributed by atoms with Crippen LogP contribution < -0.4 is 5.32 Å². The summed E-state index contributed by atoms with van der Waals surface area (Å²) in [6.07, 6.45) is 4.34. The van der Waals surface area contributed by atoms with Gasteiger partial charge < -0.3 is 9.73 Å². The molecule has 0 radical (unpaired) electrons. The molecule has 0 aliphatic rings. The second kappa shape index (κ2) is 8.04. The fourth-order valence-corrected chi connectivity index (χ4v) is 4.25. The Morgan fingerprint density at radius 2 is 2.07 bits per heavy atom. The largest absolute Gasteiger partial charge is 0.462 e. The van der Waals surface area contributed by atoms with E-state index in [1.807, 2.05) is 41.8 Å². The molecule has 0 bridgehead atoms.